The number of anilines is 2. The number of aromatic nitrogens is 2. The second-order valence-electron chi connectivity index (χ2n) is 13.7. The second kappa shape index (κ2) is 18.1. The van der Waals surface area contributed by atoms with Crippen LogP contribution in [-0.2, 0) is 39.8 Å². The van der Waals surface area contributed by atoms with E-state index in [0.29, 0.717) is 49.5 Å². The number of esters is 2. The van der Waals surface area contributed by atoms with E-state index in [9.17, 15) is 24.0 Å². The lowest BCUT2D eigenvalue weighted by molar-refractivity contribution is -0.165. The largest absolute Gasteiger partial charge is 0.466 e. The molecule has 0 aliphatic carbocycles. The maximum absolute atomic E-state index is 13.2. The Bertz CT molecular complexity index is 1530. The molecule has 1 fully saturated rings. The average molecular weight is 698 g/mol. The van der Waals surface area contributed by atoms with Gasteiger partial charge < -0.3 is 29.6 Å². The highest BCUT2D eigenvalue weighted by Crippen LogP contribution is 2.31. The first kappa shape index (κ1) is 38.5. The minimum absolute atomic E-state index is 0.0414. The minimum Gasteiger partial charge on any atom is -0.466 e. The van der Waals surface area contributed by atoms with Gasteiger partial charge in [0.05, 0.1) is 25.4 Å². The van der Waals surface area contributed by atoms with Crippen LogP contribution in [0.25, 0.3) is 0 Å². The average Bonchev–Trinajstić information content (AvgIpc) is 3.09. The van der Waals surface area contributed by atoms with Crippen molar-refractivity contribution in [3.8, 4) is 0 Å². The molecular formula is C36H51N5O9. The first-order valence-corrected chi connectivity index (χ1v) is 17.5. The van der Waals surface area contributed by atoms with Crippen molar-refractivity contribution in [2.45, 2.75) is 97.8 Å². The lowest BCUT2D eigenvalue weighted by atomic mass is 9.84. The molecule has 274 valence electrons. The van der Waals surface area contributed by atoms with Gasteiger partial charge >= 0.3 is 11.9 Å². The Morgan fingerprint density at radius 2 is 1.80 bits per heavy atom. The van der Waals surface area contributed by atoms with Crippen molar-refractivity contribution in [1.29, 1.82) is 0 Å². The number of amides is 2. The molecule has 2 aliphatic heterocycles. The number of carbonyl (C=O) groups is 4. The zero-order valence-corrected chi connectivity index (χ0v) is 29.7. The molecule has 1 aromatic carbocycles. The zero-order chi connectivity index (χ0) is 36.3. The van der Waals surface area contributed by atoms with Crippen LogP contribution in [0.15, 0.2) is 29.1 Å². The summed E-state index contributed by atoms with van der Waals surface area (Å²) in [6.07, 6.45) is 3.73. The number of hydrogen-bond donors (Lipinski definition) is 4. The van der Waals surface area contributed by atoms with Crippen molar-refractivity contribution in [1.82, 2.24) is 15.3 Å². The molecule has 2 aromatic rings. The fourth-order valence-corrected chi connectivity index (χ4v) is 5.86. The highest BCUT2D eigenvalue weighted by atomic mass is 16.7. The van der Waals surface area contributed by atoms with Gasteiger partial charge in [-0.05, 0) is 76.0 Å². The molecule has 2 amide bonds. The molecule has 2 aliphatic rings. The molecule has 3 heterocycles. The normalized spacial score (nSPS) is 18.5. The molecule has 14 heteroatoms. The Kier molecular flexibility index (Phi) is 13.9. The molecule has 0 radical (unpaired) electrons. The van der Waals surface area contributed by atoms with E-state index in [1.54, 1.807) is 46.8 Å². The summed E-state index contributed by atoms with van der Waals surface area (Å²) in [5, 5.41) is 8.68. The van der Waals surface area contributed by atoms with E-state index in [1.807, 2.05) is 12.1 Å². The number of benzene rings is 1. The van der Waals surface area contributed by atoms with E-state index in [0.717, 1.165) is 24.8 Å². The second-order valence-corrected chi connectivity index (χ2v) is 13.7. The SMILES string of the molecule is CCOC(=O)CC[C@H](NC(=O)c1ccc(C(COC2CCCCO2)CC2CNc3nc(NC(=O)C(C)(C)C)[nH]c(=O)c3C2)cc1)C(=O)OCC. The Labute approximate surface area is 292 Å². The van der Waals surface area contributed by atoms with Gasteiger partial charge in [-0.2, -0.15) is 4.98 Å². The molecule has 0 bridgehead atoms. The van der Waals surface area contributed by atoms with Crippen molar-refractivity contribution < 1.29 is 38.1 Å². The van der Waals surface area contributed by atoms with Gasteiger partial charge in [0.15, 0.2) is 6.29 Å². The van der Waals surface area contributed by atoms with Crippen molar-refractivity contribution in [2.24, 2.45) is 11.3 Å². The first-order valence-electron chi connectivity index (χ1n) is 17.5. The fraction of sp³-hybridized carbons (Fsp3) is 0.611. The number of aromatic amines is 1. The first-order chi connectivity index (χ1) is 23.9. The Morgan fingerprint density at radius 1 is 1.06 bits per heavy atom. The molecule has 1 saturated heterocycles. The van der Waals surface area contributed by atoms with Crippen LogP contribution in [0.1, 0.15) is 101 Å². The van der Waals surface area contributed by atoms with E-state index < -0.39 is 29.3 Å². The van der Waals surface area contributed by atoms with E-state index in [2.05, 4.69) is 25.9 Å². The van der Waals surface area contributed by atoms with Crippen molar-refractivity contribution in [3.63, 3.8) is 0 Å². The predicted molar refractivity (Wildman–Crippen MR) is 186 cm³/mol. The van der Waals surface area contributed by atoms with Gasteiger partial charge in [0.25, 0.3) is 11.5 Å². The number of hydrogen-bond acceptors (Lipinski definition) is 11. The van der Waals surface area contributed by atoms with Crippen LogP contribution in [0.4, 0.5) is 11.8 Å². The van der Waals surface area contributed by atoms with Crippen molar-refractivity contribution >= 4 is 35.5 Å². The molecule has 1 aromatic heterocycles. The Hall–Kier alpha value is -4.30. The highest BCUT2D eigenvalue weighted by molar-refractivity contribution is 5.97. The van der Waals surface area contributed by atoms with Crippen molar-refractivity contribution in [3.05, 3.63) is 51.3 Å². The Morgan fingerprint density at radius 3 is 2.46 bits per heavy atom. The molecule has 4 N–H and O–H groups in total. The number of H-pyrrole nitrogens is 1. The lowest BCUT2D eigenvalue weighted by Gasteiger charge is -2.30. The van der Waals surface area contributed by atoms with E-state index >= 15 is 0 Å². The van der Waals surface area contributed by atoms with E-state index in [-0.39, 0.29) is 61.6 Å². The van der Waals surface area contributed by atoms with Crippen LogP contribution >= 0.6 is 0 Å². The van der Waals surface area contributed by atoms with Gasteiger partial charge in [-0.15, -0.1) is 0 Å². The van der Waals surface area contributed by atoms with Gasteiger partial charge in [-0.3, -0.25) is 29.5 Å². The molecule has 0 spiro atoms. The quantitative estimate of drug-likeness (QED) is 0.197. The minimum atomic E-state index is -1.01. The lowest BCUT2D eigenvalue weighted by Crippen LogP contribution is -2.42. The molecule has 3 unspecified atom stereocenters. The van der Waals surface area contributed by atoms with Gasteiger partial charge in [-0.1, -0.05) is 32.9 Å². The summed E-state index contributed by atoms with van der Waals surface area (Å²) in [4.78, 5) is 70.4. The highest BCUT2D eigenvalue weighted by Gasteiger charge is 2.29. The van der Waals surface area contributed by atoms with Crippen LogP contribution in [-0.4, -0.2) is 79.0 Å². The van der Waals surface area contributed by atoms with Gasteiger partial charge in [-0.25, -0.2) is 4.79 Å². The molecule has 4 atom stereocenters. The summed E-state index contributed by atoms with van der Waals surface area (Å²) < 4.78 is 22.1. The van der Waals surface area contributed by atoms with Crippen LogP contribution < -0.4 is 21.5 Å². The number of ether oxygens (including phenoxy) is 4. The molecule has 0 saturated carbocycles. The number of rotatable bonds is 15. The molecule has 14 nitrogen and oxygen atoms in total. The van der Waals surface area contributed by atoms with Crippen LogP contribution in [0, 0.1) is 11.3 Å². The number of nitrogens with one attached hydrogen (secondary N) is 4. The number of carbonyl (C=O) groups excluding carboxylic acids is 4. The predicted octanol–water partition coefficient (Wildman–Crippen LogP) is 4.06. The summed E-state index contributed by atoms with van der Waals surface area (Å²) >= 11 is 0. The molecule has 50 heavy (non-hydrogen) atoms. The maximum Gasteiger partial charge on any atom is 0.328 e. The summed E-state index contributed by atoms with van der Waals surface area (Å²) in [5.41, 5.74) is 0.856. The van der Waals surface area contributed by atoms with E-state index in [1.165, 1.54) is 0 Å². The third-order valence-electron chi connectivity index (χ3n) is 8.68. The summed E-state index contributed by atoms with van der Waals surface area (Å²) in [5.74, 6) is -1.26. The standard InChI is InChI=1S/C36H51N5O9/c1-6-47-28(42)16-15-27(33(45)48-7-2)38-31(43)24-13-11-23(12-14-24)25(21-50-29-10-8-9-17-49-29)18-22-19-26-30(37-20-22)39-35(40-32(26)44)41-34(46)36(3,4)5/h11-14,22,25,27,29H,6-10,15-21H2,1-5H3,(H,38,43)(H3,37,39,40,41,44,46)/t22?,25?,27-,29?/m0/s1. The topological polar surface area (TPSA) is 187 Å². The number of fused-ring (bicyclic) bond motifs is 1. The summed E-state index contributed by atoms with van der Waals surface area (Å²) in [7, 11) is 0. The Balaban J connectivity index is 1.47. The third-order valence-corrected chi connectivity index (χ3v) is 8.68. The van der Waals surface area contributed by atoms with Gasteiger partial charge in [0, 0.05) is 36.5 Å². The van der Waals surface area contributed by atoms with Crippen LogP contribution in [0.3, 0.4) is 0 Å². The summed E-state index contributed by atoms with van der Waals surface area (Å²) in [6.45, 7) is 10.7. The third kappa shape index (κ3) is 11.1. The van der Waals surface area contributed by atoms with Crippen LogP contribution in [0.2, 0.25) is 0 Å². The molecule has 4 rings (SSSR count). The summed E-state index contributed by atoms with van der Waals surface area (Å²) in [6, 6.07) is 6.11. The molecular weight excluding hydrogens is 646 g/mol. The smallest absolute Gasteiger partial charge is 0.328 e. The van der Waals surface area contributed by atoms with Crippen molar-refractivity contribution in [2.75, 3.05) is 43.6 Å². The zero-order valence-electron chi connectivity index (χ0n) is 29.7. The number of nitrogens with zero attached hydrogens (tertiary/aromatic N) is 1. The van der Waals surface area contributed by atoms with Crippen LogP contribution in [0.5, 0.6) is 0 Å². The maximum atomic E-state index is 13.2. The van der Waals surface area contributed by atoms with Gasteiger partial charge in [0.2, 0.25) is 11.9 Å². The fourth-order valence-electron chi connectivity index (χ4n) is 5.86. The monoisotopic (exact) mass is 697 g/mol. The van der Waals surface area contributed by atoms with Gasteiger partial charge in [0.1, 0.15) is 11.9 Å². The van der Waals surface area contributed by atoms with E-state index in [4.69, 9.17) is 18.9 Å².